The van der Waals surface area contributed by atoms with E-state index in [4.69, 9.17) is 16.3 Å². The molecule has 180 valence electrons. The quantitative estimate of drug-likeness (QED) is 0.436. The van der Waals surface area contributed by atoms with Crippen molar-refractivity contribution in [3.05, 3.63) is 52.2 Å². The van der Waals surface area contributed by atoms with E-state index in [0.29, 0.717) is 29.5 Å². The summed E-state index contributed by atoms with van der Waals surface area (Å²) in [5, 5.41) is 0.672. The highest BCUT2D eigenvalue weighted by Gasteiger charge is 2.51. The SMILES string of the molecule is CCCC(C)C1C(=O)C(c2cc(OC3=NC4CC=C(Cl)C=C4N=C3)ccc2CC)C(=O)C1CC. The van der Waals surface area contributed by atoms with Crippen molar-refractivity contribution in [2.75, 3.05) is 0 Å². The second kappa shape index (κ2) is 10.4. The Hall–Kier alpha value is -2.53. The van der Waals surface area contributed by atoms with Gasteiger partial charge in [-0.25, -0.2) is 4.99 Å². The molecule has 34 heavy (non-hydrogen) atoms. The fraction of sp³-hybridized carbons (Fsp3) is 0.500. The number of allylic oxidation sites excluding steroid dienone is 2. The van der Waals surface area contributed by atoms with Crippen molar-refractivity contribution in [2.45, 2.75) is 71.8 Å². The lowest BCUT2D eigenvalue weighted by molar-refractivity contribution is -0.125. The Balaban J connectivity index is 1.62. The van der Waals surface area contributed by atoms with Gasteiger partial charge in [-0.15, -0.1) is 0 Å². The number of hydrogen-bond acceptors (Lipinski definition) is 5. The van der Waals surface area contributed by atoms with Crippen LogP contribution in [0.2, 0.25) is 0 Å². The second-order valence-corrected chi connectivity index (χ2v) is 9.93. The van der Waals surface area contributed by atoms with Gasteiger partial charge in [0.15, 0.2) is 11.6 Å². The van der Waals surface area contributed by atoms with Crippen LogP contribution >= 0.6 is 11.6 Å². The number of Topliss-reactive ketones (excluding diaryl/α,β-unsaturated/α-hetero) is 2. The van der Waals surface area contributed by atoms with Gasteiger partial charge in [0.1, 0.15) is 11.7 Å². The van der Waals surface area contributed by atoms with Crippen molar-refractivity contribution in [3.63, 3.8) is 0 Å². The van der Waals surface area contributed by atoms with Gasteiger partial charge in [-0.05, 0) is 54.5 Å². The van der Waals surface area contributed by atoms with Crippen LogP contribution in [0.25, 0.3) is 0 Å². The number of carbonyl (C=O) groups is 2. The standard InChI is InChI=1S/C28H33ClN2O3/c1-5-8-16(4)25-20(7-3)27(32)26(28(25)33)21-14-19(11-9-17(21)6-2)34-24-15-30-23-13-18(29)10-12-22(23)31-24/h9-11,13-16,20,22,25-26H,5-8,12H2,1-4H3. The molecule has 1 aliphatic heterocycles. The zero-order valence-corrected chi connectivity index (χ0v) is 21.1. The number of nitrogens with zero attached hydrogens (tertiary/aromatic N) is 2. The van der Waals surface area contributed by atoms with E-state index in [0.717, 1.165) is 36.1 Å². The summed E-state index contributed by atoms with van der Waals surface area (Å²) in [6.07, 6.45) is 9.40. The summed E-state index contributed by atoms with van der Waals surface area (Å²) >= 11 is 6.08. The molecular formula is C28H33ClN2O3. The fourth-order valence-corrected chi connectivity index (χ4v) is 5.80. The molecule has 4 rings (SSSR count). The normalized spacial score (nSPS) is 27.1. The van der Waals surface area contributed by atoms with Crippen molar-refractivity contribution < 1.29 is 14.3 Å². The number of ketones is 2. The molecule has 0 N–H and O–H groups in total. The lowest BCUT2D eigenvalue weighted by Crippen LogP contribution is -2.24. The Morgan fingerprint density at radius 2 is 1.97 bits per heavy atom. The molecule has 2 aliphatic carbocycles. The Bertz CT molecular complexity index is 1100. The highest BCUT2D eigenvalue weighted by molar-refractivity contribution is 6.31. The lowest BCUT2D eigenvalue weighted by Gasteiger charge is -2.22. The second-order valence-electron chi connectivity index (χ2n) is 9.50. The fourth-order valence-electron chi connectivity index (χ4n) is 5.60. The van der Waals surface area contributed by atoms with E-state index in [2.05, 4.69) is 23.8 Å². The van der Waals surface area contributed by atoms with Crippen molar-refractivity contribution in [1.82, 2.24) is 0 Å². The Morgan fingerprint density at radius 3 is 2.68 bits per heavy atom. The maximum atomic E-state index is 13.6. The van der Waals surface area contributed by atoms with Gasteiger partial charge in [0.25, 0.3) is 0 Å². The molecule has 0 aromatic heterocycles. The molecule has 5 unspecified atom stereocenters. The zero-order chi connectivity index (χ0) is 24.4. The molecule has 0 radical (unpaired) electrons. The van der Waals surface area contributed by atoms with E-state index in [1.807, 2.05) is 44.2 Å². The largest absolute Gasteiger partial charge is 0.438 e. The van der Waals surface area contributed by atoms with Crippen molar-refractivity contribution in [2.24, 2.45) is 27.7 Å². The molecule has 1 aromatic carbocycles. The summed E-state index contributed by atoms with van der Waals surface area (Å²) in [6, 6.07) is 5.59. The van der Waals surface area contributed by atoms with E-state index < -0.39 is 5.92 Å². The number of benzene rings is 1. The number of aryl methyl sites for hydroxylation is 1. The minimum Gasteiger partial charge on any atom is -0.438 e. The lowest BCUT2D eigenvalue weighted by atomic mass is 9.80. The van der Waals surface area contributed by atoms with Crippen LogP contribution in [-0.2, 0) is 16.0 Å². The molecule has 5 atom stereocenters. The molecule has 1 heterocycles. The summed E-state index contributed by atoms with van der Waals surface area (Å²) in [5.41, 5.74) is 2.61. The van der Waals surface area contributed by atoms with Gasteiger partial charge in [0, 0.05) is 16.9 Å². The van der Waals surface area contributed by atoms with E-state index in [9.17, 15) is 9.59 Å². The molecule has 5 nitrogen and oxygen atoms in total. The first kappa shape index (κ1) is 24.6. The van der Waals surface area contributed by atoms with E-state index in [1.54, 1.807) is 6.21 Å². The van der Waals surface area contributed by atoms with Crippen LogP contribution in [0.5, 0.6) is 5.75 Å². The molecule has 1 saturated carbocycles. The minimum atomic E-state index is -0.713. The van der Waals surface area contributed by atoms with Gasteiger partial charge in [0.2, 0.25) is 5.90 Å². The van der Waals surface area contributed by atoms with Crippen LogP contribution in [0.1, 0.15) is 70.4 Å². The summed E-state index contributed by atoms with van der Waals surface area (Å²) in [7, 11) is 0. The van der Waals surface area contributed by atoms with E-state index in [-0.39, 0.29) is 35.4 Å². The Kier molecular flexibility index (Phi) is 7.51. The zero-order valence-electron chi connectivity index (χ0n) is 20.4. The number of carbonyl (C=O) groups excluding carboxylic acids is 2. The molecule has 0 saturated heterocycles. The van der Waals surface area contributed by atoms with Gasteiger partial charge in [0.05, 0.1) is 18.0 Å². The van der Waals surface area contributed by atoms with Gasteiger partial charge in [-0.2, -0.15) is 0 Å². The molecule has 0 spiro atoms. The molecule has 1 aromatic rings. The third-order valence-corrected chi connectivity index (χ3v) is 7.56. The van der Waals surface area contributed by atoms with Crippen LogP contribution in [-0.4, -0.2) is 29.7 Å². The number of rotatable bonds is 7. The number of halogens is 1. The summed E-state index contributed by atoms with van der Waals surface area (Å²) in [4.78, 5) is 36.2. The van der Waals surface area contributed by atoms with Crippen molar-refractivity contribution in [3.8, 4) is 5.75 Å². The molecule has 1 fully saturated rings. The highest BCUT2D eigenvalue weighted by Crippen LogP contribution is 2.44. The highest BCUT2D eigenvalue weighted by atomic mass is 35.5. The smallest absolute Gasteiger partial charge is 0.233 e. The molecule has 0 bridgehead atoms. The van der Waals surface area contributed by atoms with Gasteiger partial charge in [-0.1, -0.05) is 64.3 Å². The topological polar surface area (TPSA) is 68.1 Å². The third kappa shape index (κ3) is 4.68. The summed E-state index contributed by atoms with van der Waals surface area (Å²) < 4.78 is 6.06. The number of ether oxygens (including phenoxy) is 1. The van der Waals surface area contributed by atoms with Crippen molar-refractivity contribution >= 4 is 35.3 Å². The van der Waals surface area contributed by atoms with Gasteiger partial charge >= 0.3 is 0 Å². The van der Waals surface area contributed by atoms with E-state index in [1.165, 1.54) is 0 Å². The predicted molar refractivity (Wildman–Crippen MR) is 137 cm³/mol. The number of aliphatic imine (C=N–C) groups is 2. The van der Waals surface area contributed by atoms with Crippen LogP contribution in [0.15, 0.2) is 51.1 Å². The molecule has 3 aliphatic rings. The average molecular weight is 481 g/mol. The van der Waals surface area contributed by atoms with Gasteiger partial charge in [-0.3, -0.25) is 14.6 Å². The molecular weight excluding hydrogens is 448 g/mol. The average Bonchev–Trinajstić information content (AvgIpc) is 3.08. The summed E-state index contributed by atoms with van der Waals surface area (Å²) in [6.45, 7) is 8.30. The minimum absolute atomic E-state index is 0.0597. The maximum Gasteiger partial charge on any atom is 0.233 e. The Morgan fingerprint density at radius 1 is 1.18 bits per heavy atom. The molecule has 0 amide bonds. The first-order chi connectivity index (χ1) is 16.4. The van der Waals surface area contributed by atoms with Crippen LogP contribution in [0.4, 0.5) is 0 Å². The van der Waals surface area contributed by atoms with E-state index >= 15 is 0 Å². The summed E-state index contributed by atoms with van der Waals surface area (Å²) in [5.74, 6) is 0.180. The third-order valence-electron chi connectivity index (χ3n) is 7.30. The Labute approximate surface area is 207 Å². The van der Waals surface area contributed by atoms with Crippen molar-refractivity contribution in [1.29, 1.82) is 0 Å². The van der Waals surface area contributed by atoms with Crippen LogP contribution in [0, 0.1) is 17.8 Å². The number of fused-ring (bicyclic) bond motifs is 1. The number of hydrogen-bond donors (Lipinski definition) is 0. The maximum absolute atomic E-state index is 13.6. The predicted octanol–water partition coefficient (Wildman–Crippen LogP) is 6.20. The first-order valence-electron chi connectivity index (χ1n) is 12.4. The van der Waals surface area contributed by atoms with Crippen LogP contribution < -0.4 is 4.74 Å². The monoisotopic (exact) mass is 480 g/mol. The molecule has 6 heteroatoms. The first-order valence-corrected chi connectivity index (χ1v) is 12.8. The van der Waals surface area contributed by atoms with Gasteiger partial charge < -0.3 is 4.74 Å². The van der Waals surface area contributed by atoms with Crippen LogP contribution in [0.3, 0.4) is 0 Å².